The van der Waals surface area contributed by atoms with Crippen molar-refractivity contribution in [3.63, 3.8) is 0 Å². The van der Waals surface area contributed by atoms with Crippen LogP contribution in [0.4, 0.5) is 11.5 Å². The topological polar surface area (TPSA) is 94.4 Å². The maximum atomic E-state index is 8.74. The van der Waals surface area contributed by atoms with Crippen molar-refractivity contribution in [3.8, 4) is 5.75 Å². The van der Waals surface area contributed by atoms with E-state index in [-0.39, 0.29) is 11.3 Å². The smallest absolute Gasteiger partial charge is 0.198 e. The Kier molecular flexibility index (Phi) is 4.64. The SMILES string of the molecule is C[N+]1=CC(N2CCN(c3cc(C(=N)c4cc(OC5(C)CC5)ccc4N)ncn3)CC2)=C1. The number of allylic oxidation sites excluding steroid dienone is 1. The van der Waals surface area contributed by atoms with Gasteiger partial charge in [0.05, 0.1) is 11.4 Å². The Balaban J connectivity index is 1.30. The molecule has 1 saturated heterocycles. The summed E-state index contributed by atoms with van der Waals surface area (Å²) in [5.74, 6) is 1.58. The number of nitrogen functional groups attached to an aromatic ring is 1. The normalized spacial score (nSPS) is 19.3. The largest absolute Gasteiger partial charge is 0.488 e. The molecule has 31 heavy (non-hydrogen) atoms. The van der Waals surface area contributed by atoms with Crippen LogP contribution >= 0.6 is 0 Å². The summed E-state index contributed by atoms with van der Waals surface area (Å²) in [4.78, 5) is 13.4. The molecule has 8 nitrogen and oxygen atoms in total. The summed E-state index contributed by atoms with van der Waals surface area (Å²) in [6.45, 7) is 5.74. The lowest BCUT2D eigenvalue weighted by molar-refractivity contribution is -0.431. The van der Waals surface area contributed by atoms with Gasteiger partial charge in [-0.3, -0.25) is 5.41 Å². The second-order valence-corrected chi connectivity index (χ2v) is 8.76. The van der Waals surface area contributed by atoms with Crippen LogP contribution in [0.3, 0.4) is 0 Å². The first-order valence-corrected chi connectivity index (χ1v) is 10.7. The monoisotopic (exact) mass is 418 g/mol. The molecule has 3 N–H and O–H groups in total. The first-order valence-electron chi connectivity index (χ1n) is 10.7. The van der Waals surface area contributed by atoms with E-state index >= 15 is 0 Å². The van der Waals surface area contributed by atoms with Gasteiger partial charge < -0.3 is 20.3 Å². The van der Waals surface area contributed by atoms with Gasteiger partial charge in [-0.1, -0.05) is 0 Å². The van der Waals surface area contributed by atoms with Gasteiger partial charge in [-0.05, 0) is 38.0 Å². The van der Waals surface area contributed by atoms with E-state index in [4.69, 9.17) is 15.9 Å². The number of rotatable bonds is 6. The summed E-state index contributed by atoms with van der Waals surface area (Å²) < 4.78 is 8.13. The highest BCUT2D eigenvalue weighted by molar-refractivity contribution is 6.13. The van der Waals surface area contributed by atoms with E-state index < -0.39 is 0 Å². The third-order valence-electron chi connectivity index (χ3n) is 6.16. The van der Waals surface area contributed by atoms with Crippen LogP contribution in [0.25, 0.3) is 0 Å². The Morgan fingerprint density at radius 3 is 2.52 bits per heavy atom. The first kappa shape index (κ1) is 19.5. The number of hydrogen-bond donors (Lipinski definition) is 2. The van der Waals surface area contributed by atoms with Gasteiger partial charge in [0.1, 0.15) is 30.5 Å². The number of nitrogens with two attached hydrogens (primary N) is 1. The van der Waals surface area contributed by atoms with Gasteiger partial charge in [-0.25, -0.2) is 14.5 Å². The Morgan fingerprint density at radius 2 is 1.84 bits per heavy atom. The molecule has 1 saturated carbocycles. The van der Waals surface area contributed by atoms with Crippen molar-refractivity contribution in [3.05, 3.63) is 53.7 Å². The standard InChI is InChI=1S/C23H28N7O/c1-23(5-6-23)31-17-3-4-19(24)18(11-17)22(25)20-12-21(27-15-26-20)30-9-7-29(8-10-30)16-13-28(2)14-16/h3-4,11-15,25H,5-10,24H2,1-2H3/q+1. The molecule has 1 aromatic carbocycles. The minimum atomic E-state index is -0.0808. The second kappa shape index (κ2) is 7.37. The summed E-state index contributed by atoms with van der Waals surface area (Å²) in [7, 11) is 2.04. The number of aromatic nitrogens is 2. The average Bonchev–Trinajstić information content (AvgIpc) is 3.49. The molecule has 0 atom stereocenters. The van der Waals surface area contributed by atoms with Crippen molar-refractivity contribution in [2.75, 3.05) is 43.9 Å². The number of nitrogens with zero attached hydrogens (tertiary/aromatic N) is 5. The van der Waals surface area contributed by atoms with Crippen LogP contribution in [-0.4, -0.2) is 70.2 Å². The molecule has 0 bridgehead atoms. The fourth-order valence-electron chi connectivity index (χ4n) is 3.94. The molecule has 2 fully saturated rings. The van der Waals surface area contributed by atoms with Gasteiger partial charge in [0, 0.05) is 43.5 Å². The maximum Gasteiger partial charge on any atom is 0.198 e. The third-order valence-corrected chi connectivity index (χ3v) is 6.16. The molecular formula is C23H28N7O+. The van der Waals surface area contributed by atoms with E-state index in [1.807, 2.05) is 25.2 Å². The van der Waals surface area contributed by atoms with E-state index in [2.05, 4.69) is 43.7 Å². The third kappa shape index (κ3) is 3.97. The van der Waals surface area contributed by atoms with Crippen molar-refractivity contribution in [1.29, 1.82) is 5.41 Å². The quantitative estimate of drug-likeness (QED) is 0.424. The predicted molar refractivity (Wildman–Crippen MR) is 121 cm³/mol. The minimum absolute atomic E-state index is 0.0808. The molecule has 0 spiro atoms. The van der Waals surface area contributed by atoms with Gasteiger partial charge in [0.15, 0.2) is 18.1 Å². The molecule has 0 amide bonds. The summed E-state index contributed by atoms with van der Waals surface area (Å²) in [6.07, 6.45) is 7.93. The lowest BCUT2D eigenvalue weighted by Crippen LogP contribution is -2.47. The van der Waals surface area contributed by atoms with Crippen LogP contribution in [0, 0.1) is 5.41 Å². The number of nitrogens with one attached hydrogen (secondary N) is 1. The van der Waals surface area contributed by atoms with Crippen LogP contribution in [-0.2, 0) is 0 Å². The summed E-state index contributed by atoms with van der Waals surface area (Å²) in [5, 5.41) is 8.74. The van der Waals surface area contributed by atoms with Crippen LogP contribution in [0.1, 0.15) is 31.0 Å². The zero-order valence-electron chi connectivity index (χ0n) is 18.0. The predicted octanol–water partition coefficient (Wildman–Crippen LogP) is 2.10. The van der Waals surface area contributed by atoms with Gasteiger partial charge >= 0.3 is 0 Å². The molecule has 2 aromatic rings. The Bertz CT molecular complexity index is 1090. The molecule has 1 aromatic heterocycles. The maximum absolute atomic E-state index is 8.74. The van der Waals surface area contributed by atoms with Crippen molar-refractivity contribution in [2.45, 2.75) is 25.4 Å². The molecule has 3 heterocycles. The van der Waals surface area contributed by atoms with E-state index in [9.17, 15) is 0 Å². The summed E-state index contributed by atoms with van der Waals surface area (Å²) >= 11 is 0. The first-order chi connectivity index (χ1) is 14.9. The molecule has 2 aliphatic heterocycles. The van der Waals surface area contributed by atoms with E-state index in [0.717, 1.165) is 50.6 Å². The fourth-order valence-corrected chi connectivity index (χ4v) is 3.94. The minimum Gasteiger partial charge on any atom is -0.488 e. The number of hydrogen-bond acceptors (Lipinski definition) is 7. The molecule has 0 unspecified atom stereocenters. The Labute approximate surface area is 182 Å². The fraction of sp³-hybridized carbons (Fsp3) is 0.391. The summed E-state index contributed by atoms with van der Waals surface area (Å²) in [6, 6.07) is 7.40. The van der Waals surface area contributed by atoms with Gasteiger partial charge in [-0.15, -0.1) is 0 Å². The highest BCUT2D eigenvalue weighted by Crippen LogP contribution is 2.40. The lowest BCUT2D eigenvalue weighted by Gasteiger charge is -2.36. The van der Waals surface area contributed by atoms with Gasteiger partial charge in [-0.2, -0.15) is 0 Å². The number of anilines is 2. The number of ether oxygens (including phenoxy) is 1. The molecule has 160 valence electrons. The zero-order valence-corrected chi connectivity index (χ0v) is 18.0. The highest BCUT2D eigenvalue weighted by atomic mass is 16.5. The Hall–Kier alpha value is -3.42. The van der Waals surface area contributed by atoms with Crippen LogP contribution in [0.5, 0.6) is 5.75 Å². The highest BCUT2D eigenvalue weighted by Gasteiger charge is 2.40. The molecular weight excluding hydrogens is 390 g/mol. The number of benzene rings is 1. The van der Waals surface area contributed by atoms with Crippen LogP contribution in [0.15, 0.2) is 42.5 Å². The molecule has 5 rings (SSSR count). The molecule has 8 heteroatoms. The zero-order chi connectivity index (χ0) is 21.6. The van der Waals surface area contributed by atoms with E-state index in [1.54, 1.807) is 6.07 Å². The summed E-state index contributed by atoms with van der Waals surface area (Å²) in [5.41, 5.74) is 9.41. The molecule has 3 aliphatic rings. The lowest BCUT2D eigenvalue weighted by atomic mass is 10.0. The number of piperazine rings is 1. The Morgan fingerprint density at radius 1 is 1.13 bits per heavy atom. The van der Waals surface area contributed by atoms with Gasteiger partial charge in [0.25, 0.3) is 0 Å². The van der Waals surface area contributed by atoms with Crippen molar-refractivity contribution in [2.24, 2.45) is 0 Å². The van der Waals surface area contributed by atoms with Crippen LogP contribution in [0.2, 0.25) is 0 Å². The van der Waals surface area contributed by atoms with Crippen molar-refractivity contribution < 1.29 is 9.31 Å². The van der Waals surface area contributed by atoms with Gasteiger partial charge in [0.2, 0.25) is 0 Å². The van der Waals surface area contributed by atoms with Crippen molar-refractivity contribution >= 4 is 23.4 Å². The van der Waals surface area contributed by atoms with Crippen molar-refractivity contribution in [1.82, 2.24) is 14.9 Å². The van der Waals surface area contributed by atoms with Crippen LogP contribution < -0.4 is 15.4 Å². The average molecular weight is 419 g/mol. The molecule has 1 aliphatic carbocycles. The second-order valence-electron chi connectivity index (χ2n) is 8.76. The van der Waals surface area contributed by atoms with E-state index in [1.165, 1.54) is 12.0 Å². The van der Waals surface area contributed by atoms with E-state index in [0.29, 0.717) is 16.9 Å². The molecule has 0 radical (unpaired) electrons.